The minimum Gasteiger partial charge on any atom is -0.455 e. The van der Waals surface area contributed by atoms with Gasteiger partial charge in [0.25, 0.3) is 0 Å². The topological polar surface area (TPSA) is 13.1 Å². The fraction of sp³-hybridized carbons (Fsp3) is 0. The van der Waals surface area contributed by atoms with Crippen LogP contribution in [0.4, 0.5) is 0 Å². The molecule has 1 heteroatoms. The molecule has 0 saturated carbocycles. The maximum Gasteiger partial charge on any atom is 0.143 e. The molecule has 0 atom stereocenters. The molecule has 0 fully saturated rings. The summed E-state index contributed by atoms with van der Waals surface area (Å²) in [7, 11) is 0. The van der Waals surface area contributed by atoms with E-state index in [-0.39, 0.29) is 62.4 Å². The van der Waals surface area contributed by atoms with E-state index in [2.05, 4.69) is 6.07 Å². The summed E-state index contributed by atoms with van der Waals surface area (Å²) in [4.78, 5) is 0. The Morgan fingerprint density at radius 2 is 1.34 bits per heavy atom. The minimum absolute atomic E-state index is 0.0114. The van der Waals surface area contributed by atoms with Gasteiger partial charge in [0.1, 0.15) is 11.2 Å². The SMILES string of the molecule is [2H]c1c(-c2c3ccccc3cc3c2ccc2ccccc23)c([2H])c2c(oc3c4c([2H])c([2H])c([2H])c([2H])c4c([2H])c([2H])c32)c1[2H]. The quantitative estimate of drug-likeness (QED) is 0.178. The Balaban J connectivity index is 1.62. The highest BCUT2D eigenvalue weighted by Crippen LogP contribution is 2.42. The third kappa shape index (κ3) is 2.64. The van der Waals surface area contributed by atoms with E-state index in [0.29, 0.717) is 5.56 Å². The molecule has 0 unspecified atom stereocenters. The molecule has 0 aliphatic carbocycles. The van der Waals surface area contributed by atoms with Crippen LogP contribution in [0.3, 0.4) is 0 Å². The van der Waals surface area contributed by atoms with Crippen molar-refractivity contribution in [2.45, 2.75) is 0 Å². The van der Waals surface area contributed by atoms with Crippen LogP contribution in [-0.4, -0.2) is 0 Å². The van der Waals surface area contributed by atoms with E-state index in [4.69, 9.17) is 15.4 Å². The predicted octanol–water partition coefficient (Wildman–Crippen LogP) is 9.87. The molecule has 1 heterocycles. The van der Waals surface area contributed by atoms with Crippen molar-refractivity contribution in [3.05, 3.63) is 121 Å². The van der Waals surface area contributed by atoms with Gasteiger partial charge in [0.05, 0.1) is 12.3 Å². The van der Waals surface area contributed by atoms with Crippen LogP contribution in [0.2, 0.25) is 0 Å². The third-order valence-corrected chi connectivity index (χ3v) is 6.71. The first-order valence-electron chi connectivity index (χ1n) is 15.8. The van der Waals surface area contributed by atoms with Crippen LogP contribution >= 0.6 is 0 Å². The Hall–Kier alpha value is -4.62. The van der Waals surface area contributed by atoms with Gasteiger partial charge in [-0.15, -0.1) is 0 Å². The zero-order valence-corrected chi connectivity index (χ0v) is 18.3. The van der Waals surface area contributed by atoms with Crippen LogP contribution in [0.25, 0.3) is 76.2 Å². The van der Waals surface area contributed by atoms with Gasteiger partial charge in [-0.3, -0.25) is 0 Å². The van der Waals surface area contributed by atoms with Crippen LogP contribution in [-0.2, 0) is 0 Å². The van der Waals surface area contributed by atoms with Crippen LogP contribution in [0.5, 0.6) is 0 Å². The highest BCUT2D eigenvalue weighted by Gasteiger charge is 2.15. The van der Waals surface area contributed by atoms with Crippen molar-refractivity contribution >= 4 is 65.0 Å². The zero-order valence-electron chi connectivity index (χ0n) is 27.3. The Labute approximate surface area is 214 Å². The van der Waals surface area contributed by atoms with Gasteiger partial charge in [0.2, 0.25) is 0 Å². The molecule has 0 amide bonds. The summed E-state index contributed by atoms with van der Waals surface area (Å²) in [5.74, 6) is 0. The van der Waals surface area contributed by atoms with E-state index in [1.807, 2.05) is 60.7 Å². The second-order valence-electron chi connectivity index (χ2n) is 8.61. The molecule has 0 spiro atoms. The predicted molar refractivity (Wildman–Crippen MR) is 149 cm³/mol. The standard InChI is InChI=1S/C34H20O/c1-4-10-25-21(7-1)13-16-28-30(25)19-23-9-3-5-11-26(23)33(28)24-15-18-32-31(20-24)29-17-14-22-8-2-6-12-27(22)34(29)35-32/h1-20H/i2D,6D,8D,12D,14D,15D,17D,18D,20D. The van der Waals surface area contributed by atoms with E-state index in [9.17, 15) is 1.37 Å². The van der Waals surface area contributed by atoms with Gasteiger partial charge >= 0.3 is 0 Å². The van der Waals surface area contributed by atoms with Crippen molar-refractivity contribution in [1.82, 2.24) is 0 Å². The molecule has 0 N–H and O–H groups in total. The summed E-state index contributed by atoms with van der Waals surface area (Å²) in [5, 5.41) is 5.27. The monoisotopic (exact) mass is 453 g/mol. The molecule has 0 aliphatic heterocycles. The van der Waals surface area contributed by atoms with E-state index in [1.165, 1.54) is 0 Å². The number of benzene rings is 7. The van der Waals surface area contributed by atoms with Crippen molar-refractivity contribution in [3.63, 3.8) is 0 Å². The third-order valence-electron chi connectivity index (χ3n) is 6.71. The van der Waals surface area contributed by atoms with Gasteiger partial charge in [0.15, 0.2) is 0 Å². The second-order valence-corrected chi connectivity index (χ2v) is 8.61. The lowest BCUT2D eigenvalue weighted by molar-refractivity contribution is 0.672. The molecule has 1 aromatic heterocycles. The highest BCUT2D eigenvalue weighted by atomic mass is 16.3. The van der Waals surface area contributed by atoms with Gasteiger partial charge < -0.3 is 4.42 Å². The van der Waals surface area contributed by atoms with Crippen molar-refractivity contribution in [2.75, 3.05) is 0 Å². The lowest BCUT2D eigenvalue weighted by Crippen LogP contribution is -1.87. The normalized spacial score (nSPS) is 15.6. The summed E-state index contributed by atoms with van der Waals surface area (Å²) >= 11 is 0. The highest BCUT2D eigenvalue weighted by molar-refractivity contribution is 6.21. The number of hydrogen-bond acceptors (Lipinski definition) is 1. The van der Waals surface area contributed by atoms with Crippen molar-refractivity contribution < 1.29 is 16.8 Å². The molecular weight excluding hydrogens is 424 g/mol. The fourth-order valence-corrected chi connectivity index (χ4v) is 5.13. The van der Waals surface area contributed by atoms with E-state index < -0.39 is 30.2 Å². The molecular formula is C34H20O. The van der Waals surface area contributed by atoms with Crippen LogP contribution in [0.15, 0.2) is 126 Å². The maximum absolute atomic E-state index is 9.52. The number of furan rings is 1. The molecule has 7 aromatic carbocycles. The van der Waals surface area contributed by atoms with E-state index >= 15 is 0 Å². The molecule has 8 rings (SSSR count). The van der Waals surface area contributed by atoms with Gasteiger partial charge in [-0.1, -0.05) is 96.9 Å². The first-order chi connectivity index (χ1) is 21.1. The average molecular weight is 454 g/mol. The molecule has 0 aliphatic rings. The van der Waals surface area contributed by atoms with Gasteiger partial charge in [0, 0.05) is 16.2 Å². The van der Waals surface area contributed by atoms with Gasteiger partial charge in [-0.2, -0.15) is 0 Å². The fourth-order valence-electron chi connectivity index (χ4n) is 5.13. The summed E-state index contributed by atoms with van der Waals surface area (Å²) < 4.78 is 84.8. The van der Waals surface area contributed by atoms with Gasteiger partial charge in [-0.05, 0) is 73.0 Å². The molecule has 0 radical (unpaired) electrons. The zero-order chi connectivity index (χ0) is 30.8. The Bertz CT molecular complexity index is 2600. The summed E-state index contributed by atoms with van der Waals surface area (Å²) in [5.41, 5.74) is 0.545. The Morgan fingerprint density at radius 1 is 0.514 bits per heavy atom. The summed E-state index contributed by atoms with van der Waals surface area (Å²) in [6.07, 6.45) is 0. The summed E-state index contributed by atoms with van der Waals surface area (Å²) in [6.45, 7) is 0. The van der Waals surface area contributed by atoms with Crippen LogP contribution in [0.1, 0.15) is 12.3 Å². The molecule has 0 saturated heterocycles. The van der Waals surface area contributed by atoms with Crippen molar-refractivity contribution in [2.24, 2.45) is 0 Å². The first-order valence-corrected chi connectivity index (χ1v) is 11.3. The summed E-state index contributed by atoms with van der Waals surface area (Å²) in [6, 6.07) is 18.2. The molecule has 0 bridgehead atoms. The van der Waals surface area contributed by atoms with E-state index in [1.54, 1.807) is 0 Å². The number of rotatable bonds is 1. The Morgan fingerprint density at radius 3 is 2.29 bits per heavy atom. The maximum atomic E-state index is 9.52. The van der Waals surface area contributed by atoms with Crippen molar-refractivity contribution in [1.29, 1.82) is 0 Å². The number of fused-ring (bicyclic) bond motifs is 9. The lowest BCUT2D eigenvalue weighted by Gasteiger charge is -2.14. The molecule has 162 valence electrons. The first kappa shape index (κ1) is 12.2. The minimum atomic E-state index is -0.528. The molecule has 8 aromatic rings. The largest absolute Gasteiger partial charge is 0.455 e. The second kappa shape index (κ2) is 6.94. The van der Waals surface area contributed by atoms with Crippen LogP contribution in [0, 0.1) is 0 Å². The van der Waals surface area contributed by atoms with E-state index in [0.717, 1.165) is 32.3 Å². The molecule has 1 nitrogen and oxygen atoms in total. The average Bonchev–Trinajstić information content (AvgIpc) is 3.44. The smallest absolute Gasteiger partial charge is 0.143 e. The van der Waals surface area contributed by atoms with Crippen molar-refractivity contribution in [3.8, 4) is 11.1 Å². The number of hydrogen-bond donors (Lipinski definition) is 0. The van der Waals surface area contributed by atoms with Gasteiger partial charge in [-0.25, -0.2) is 0 Å². The molecule has 35 heavy (non-hydrogen) atoms. The Kier molecular flexibility index (Phi) is 2.42. The lowest BCUT2D eigenvalue weighted by atomic mass is 9.89. The van der Waals surface area contributed by atoms with Crippen LogP contribution < -0.4 is 0 Å².